The molecule has 0 N–H and O–H groups in total. The van der Waals surface area contributed by atoms with Crippen LogP contribution in [0.15, 0.2) is 85.0 Å². The van der Waals surface area contributed by atoms with Crippen molar-refractivity contribution >= 4 is 23.9 Å². The third kappa shape index (κ3) is 34.9. The number of aliphatic carboxylic acids is 4. The smallest absolute Gasteiger partial charge is 0.545 e. The van der Waals surface area contributed by atoms with E-state index in [0.29, 0.717) is 24.3 Å². The van der Waals surface area contributed by atoms with Gasteiger partial charge in [0, 0.05) is 0 Å². The molecule has 2 rings (SSSR count). The van der Waals surface area contributed by atoms with E-state index < -0.39 is 23.9 Å². The monoisotopic (exact) mass is 408 g/mol. The molecule has 0 aliphatic heterocycles. The second-order valence-corrected chi connectivity index (χ2v) is 3.87. The predicted octanol–water partition coefficient (Wildman–Crippen LogP) is -2.88. The van der Waals surface area contributed by atoms with E-state index in [0.717, 1.165) is 0 Å². The van der Waals surface area contributed by atoms with Crippen molar-refractivity contribution in [1.29, 1.82) is 0 Å². The summed E-state index contributed by atoms with van der Waals surface area (Å²) in [4.78, 5) is 37.7. The van der Waals surface area contributed by atoms with Crippen molar-refractivity contribution < 1.29 is 64.2 Å². The summed E-state index contributed by atoms with van der Waals surface area (Å²) in [5.41, 5.74) is 0. The summed E-state index contributed by atoms with van der Waals surface area (Å²) in [5.74, 6) is -6.19. The number of hydrogen-bond donors (Lipinski definition) is 0. The van der Waals surface area contributed by atoms with Crippen LogP contribution in [-0.2, 0) is 40.9 Å². The molecule has 0 amide bonds. The molecule has 0 saturated heterocycles. The number of hydrogen-bond acceptors (Lipinski definition) is 8. The van der Waals surface area contributed by atoms with Gasteiger partial charge in [-0.1, -0.05) is 0 Å². The molecule has 0 radical (unpaired) electrons. The van der Waals surface area contributed by atoms with Crippen molar-refractivity contribution in [3.63, 3.8) is 0 Å². The molecule has 140 valence electrons. The summed E-state index contributed by atoms with van der Waals surface area (Å²) in [5, 5.41) is 37.7. The van der Waals surface area contributed by atoms with E-state index in [1.807, 2.05) is 60.7 Å². The standard InChI is InChI=1S/2C5H5.2C4H4O4.Ti/c2*1-2-4-5-3-1;2*5-3(6)1-2-4(7)8;/h2*1-5H;2*1-2H,(H,5,6)(H,7,8);/q2*-1;;;+4/p-2/b;;2-1+;2-1-;. The topological polar surface area (TPSA) is 161 Å². The predicted molar refractivity (Wildman–Crippen MR) is 84.6 cm³/mol. The van der Waals surface area contributed by atoms with Gasteiger partial charge in [0.1, 0.15) is 0 Å². The van der Waals surface area contributed by atoms with Gasteiger partial charge in [0.25, 0.3) is 0 Å². The molecule has 0 spiro atoms. The van der Waals surface area contributed by atoms with Gasteiger partial charge in [0.2, 0.25) is 0 Å². The molecule has 0 aliphatic rings. The molecule has 0 aromatic heterocycles. The van der Waals surface area contributed by atoms with Crippen molar-refractivity contribution in [1.82, 2.24) is 0 Å². The van der Waals surface area contributed by atoms with Crippen LogP contribution in [0.5, 0.6) is 0 Å². The van der Waals surface area contributed by atoms with E-state index >= 15 is 0 Å². The van der Waals surface area contributed by atoms with Gasteiger partial charge in [-0.3, -0.25) is 0 Å². The van der Waals surface area contributed by atoms with E-state index in [-0.39, 0.29) is 24.6 Å². The maximum atomic E-state index is 9.41. The summed E-state index contributed by atoms with van der Waals surface area (Å²) >= 11 is 0. The molecule has 0 bridgehead atoms. The Kier molecular flexibility index (Phi) is 22.0. The maximum Gasteiger partial charge on any atom is 4.00 e. The van der Waals surface area contributed by atoms with Gasteiger partial charge in [-0.15, -0.1) is 0 Å². The van der Waals surface area contributed by atoms with Gasteiger partial charge in [-0.25, -0.2) is 24.3 Å². The van der Waals surface area contributed by atoms with Crippen molar-refractivity contribution in [2.75, 3.05) is 0 Å². The van der Waals surface area contributed by atoms with Crippen LogP contribution in [-0.4, -0.2) is 23.9 Å². The Morgan fingerprint density at radius 1 is 0.556 bits per heavy atom. The zero-order chi connectivity index (χ0) is 20.2. The number of carboxylic acid groups (broad SMARTS) is 4. The van der Waals surface area contributed by atoms with Crippen LogP contribution in [0.2, 0.25) is 0 Å². The largest absolute Gasteiger partial charge is 4.00 e. The van der Waals surface area contributed by atoms with Crippen molar-refractivity contribution in [2.24, 2.45) is 0 Å². The van der Waals surface area contributed by atoms with Gasteiger partial charge in [0.15, 0.2) is 0 Å². The molecule has 2 aromatic rings. The van der Waals surface area contributed by atoms with Gasteiger partial charge in [-0.2, -0.15) is 36.4 Å². The normalized spacial score (nSPS) is 8.59. The summed E-state index contributed by atoms with van der Waals surface area (Å²) in [6.07, 6.45) is 1.54. The van der Waals surface area contributed by atoms with Gasteiger partial charge < -0.3 is 39.6 Å². The first kappa shape index (κ1) is 28.6. The Hall–Kier alpha value is -3.23. The van der Waals surface area contributed by atoms with E-state index in [9.17, 15) is 39.6 Å². The van der Waals surface area contributed by atoms with E-state index in [1.54, 1.807) is 0 Å². The molecule has 27 heavy (non-hydrogen) atoms. The van der Waals surface area contributed by atoms with E-state index in [4.69, 9.17) is 0 Å². The van der Waals surface area contributed by atoms with Crippen LogP contribution in [0, 0.1) is 0 Å². The summed E-state index contributed by atoms with van der Waals surface area (Å²) in [7, 11) is 0. The van der Waals surface area contributed by atoms with E-state index in [1.165, 1.54) is 0 Å². The Morgan fingerprint density at radius 3 is 0.815 bits per heavy atom. The zero-order valence-electron chi connectivity index (χ0n) is 15.8. The fraction of sp³-hybridized carbons (Fsp3) is 0. The van der Waals surface area contributed by atoms with Crippen LogP contribution in [0.4, 0.5) is 0 Å². The first-order chi connectivity index (χ1) is 12.3. The van der Waals surface area contributed by atoms with Crippen LogP contribution in [0.1, 0.15) is 2.85 Å². The second kappa shape index (κ2) is 20.8. The third-order valence-corrected chi connectivity index (χ3v) is 1.82. The van der Waals surface area contributed by atoms with Gasteiger partial charge >= 0.3 is 24.6 Å². The van der Waals surface area contributed by atoms with Crippen LogP contribution in [0.25, 0.3) is 0 Å². The quantitative estimate of drug-likeness (QED) is 0.296. The SMILES string of the molecule is O=C([O-])/C=C/C(=O)[O-].O=C([O-])/C=C\C(=O)[O-].[H+].[H+].[Ti+4].c1cc[cH-]c1.c1cc[cH-]c1. The van der Waals surface area contributed by atoms with E-state index in [2.05, 4.69) is 0 Å². The molecule has 0 saturated carbocycles. The van der Waals surface area contributed by atoms with Crippen LogP contribution in [0.3, 0.4) is 0 Å². The minimum atomic E-state index is -1.55. The molecule has 0 atom stereocenters. The average molecular weight is 408 g/mol. The Bertz CT molecular complexity index is 554. The van der Waals surface area contributed by atoms with Gasteiger partial charge in [0.05, 0.1) is 23.9 Å². The molecule has 0 heterocycles. The molecule has 0 aliphatic carbocycles. The maximum absolute atomic E-state index is 9.41. The number of carbonyl (C=O) groups excluding carboxylic acids is 4. The number of carbonyl (C=O) groups is 4. The summed E-state index contributed by atoms with van der Waals surface area (Å²) in [6.45, 7) is 0. The average Bonchev–Trinajstić information content (AvgIpc) is 3.28. The van der Waals surface area contributed by atoms with Crippen LogP contribution < -0.4 is 20.4 Å². The summed E-state index contributed by atoms with van der Waals surface area (Å²) < 4.78 is 0. The second-order valence-electron chi connectivity index (χ2n) is 3.87. The van der Waals surface area contributed by atoms with Crippen molar-refractivity contribution in [3.05, 3.63) is 85.0 Å². The third-order valence-electron chi connectivity index (χ3n) is 1.82. The summed E-state index contributed by atoms with van der Waals surface area (Å²) in [6, 6.07) is 20.0. The molecular weight excluding hydrogens is 392 g/mol. The van der Waals surface area contributed by atoms with Gasteiger partial charge in [-0.05, 0) is 24.3 Å². The minimum absolute atomic E-state index is 0. The number of rotatable bonds is 4. The first-order valence-corrected chi connectivity index (χ1v) is 6.79. The zero-order valence-corrected chi connectivity index (χ0v) is 15.4. The molecule has 8 nitrogen and oxygen atoms in total. The molecule has 0 unspecified atom stereocenters. The van der Waals surface area contributed by atoms with Crippen molar-refractivity contribution in [3.8, 4) is 0 Å². The Labute approximate surface area is 173 Å². The molecule has 9 heteroatoms. The minimum Gasteiger partial charge on any atom is -0.545 e. The first-order valence-electron chi connectivity index (χ1n) is 6.79. The Morgan fingerprint density at radius 2 is 0.741 bits per heavy atom. The number of carboxylic acids is 4. The Balaban J connectivity index is -0.0000000867. The molecule has 2 aromatic carbocycles. The fourth-order valence-electron chi connectivity index (χ4n) is 0.914. The fourth-order valence-corrected chi connectivity index (χ4v) is 0.914. The molecular formula is C18H16O8Ti. The van der Waals surface area contributed by atoms with Crippen molar-refractivity contribution in [2.45, 2.75) is 0 Å². The molecule has 0 fully saturated rings. The van der Waals surface area contributed by atoms with Crippen LogP contribution >= 0.6 is 0 Å².